The molecule has 1 aromatic heterocycles. The monoisotopic (exact) mass is 339 g/mol. The Hall–Kier alpha value is -2.89. The summed E-state index contributed by atoms with van der Waals surface area (Å²) < 4.78 is 7.19. The number of Topliss-reactive ketones (excluding diaryl/α,β-unsaturated/α-hetero) is 1. The third kappa shape index (κ3) is 3.79. The first-order valence-corrected chi connectivity index (χ1v) is 8.34. The van der Waals surface area contributed by atoms with Crippen LogP contribution >= 0.6 is 0 Å². The molecule has 25 heavy (non-hydrogen) atoms. The quantitative estimate of drug-likeness (QED) is 0.847. The van der Waals surface area contributed by atoms with E-state index in [0.717, 1.165) is 23.3 Å². The number of aryl methyl sites for hydroxylation is 1. The number of carbonyl (C=O) groups is 2. The van der Waals surface area contributed by atoms with Crippen LogP contribution in [0.1, 0.15) is 35.0 Å². The zero-order valence-electron chi connectivity index (χ0n) is 14.4. The highest BCUT2D eigenvalue weighted by atomic mass is 16.5. The Morgan fingerprint density at radius 2 is 2.08 bits per heavy atom. The minimum atomic E-state index is -0.145. The van der Waals surface area contributed by atoms with Gasteiger partial charge in [-0.1, -0.05) is 12.1 Å². The highest BCUT2D eigenvalue weighted by molar-refractivity contribution is 6.12. The smallest absolute Gasteiger partial charge is 0.257 e. The predicted octanol–water partition coefficient (Wildman–Crippen LogP) is 2.15. The van der Waals surface area contributed by atoms with E-state index < -0.39 is 0 Å². The fraction of sp³-hybridized carbons (Fsp3) is 0.316. The molecule has 1 N–H and O–H groups in total. The molecule has 1 amide bonds. The highest BCUT2D eigenvalue weighted by Gasteiger charge is 2.24. The summed E-state index contributed by atoms with van der Waals surface area (Å²) in [6, 6.07) is 7.36. The van der Waals surface area contributed by atoms with Gasteiger partial charge in [0.15, 0.2) is 12.4 Å². The SMILES string of the molecule is CCNC(=O)COc1ccc(/C=C2/CCc3c(cnn3C)C2=O)cc1. The van der Waals surface area contributed by atoms with E-state index in [1.807, 2.05) is 32.2 Å². The van der Waals surface area contributed by atoms with Crippen LogP contribution in [0, 0.1) is 0 Å². The van der Waals surface area contributed by atoms with Gasteiger partial charge in [0.05, 0.1) is 11.8 Å². The molecule has 1 aliphatic carbocycles. The van der Waals surface area contributed by atoms with Crippen LogP contribution in [0.2, 0.25) is 0 Å². The van der Waals surface area contributed by atoms with Crippen LogP contribution in [0.5, 0.6) is 5.75 Å². The number of ketones is 1. The maximum Gasteiger partial charge on any atom is 0.257 e. The number of ether oxygens (including phenoxy) is 1. The average molecular weight is 339 g/mol. The van der Waals surface area contributed by atoms with Crippen molar-refractivity contribution in [1.29, 1.82) is 0 Å². The van der Waals surface area contributed by atoms with Crippen molar-refractivity contribution in [3.63, 3.8) is 0 Å². The van der Waals surface area contributed by atoms with Gasteiger partial charge in [0.1, 0.15) is 5.75 Å². The fourth-order valence-corrected chi connectivity index (χ4v) is 2.88. The first-order chi connectivity index (χ1) is 12.1. The van der Waals surface area contributed by atoms with Crippen LogP contribution in [0.4, 0.5) is 0 Å². The van der Waals surface area contributed by atoms with Gasteiger partial charge in [0.25, 0.3) is 5.91 Å². The van der Waals surface area contributed by atoms with Crippen LogP contribution in [-0.2, 0) is 18.3 Å². The van der Waals surface area contributed by atoms with Gasteiger partial charge in [-0.05, 0) is 43.5 Å². The number of allylic oxidation sites excluding steroid dienone is 1. The van der Waals surface area contributed by atoms with Crippen molar-refractivity contribution in [3.8, 4) is 5.75 Å². The van der Waals surface area contributed by atoms with Gasteiger partial charge in [-0.15, -0.1) is 0 Å². The lowest BCUT2D eigenvalue weighted by atomic mass is 9.90. The third-order valence-corrected chi connectivity index (χ3v) is 4.19. The van der Waals surface area contributed by atoms with Crippen molar-refractivity contribution in [2.24, 2.45) is 7.05 Å². The maximum atomic E-state index is 12.5. The lowest BCUT2D eigenvalue weighted by Gasteiger charge is -2.14. The molecule has 0 unspecified atom stereocenters. The van der Waals surface area contributed by atoms with Crippen molar-refractivity contribution >= 4 is 17.8 Å². The van der Waals surface area contributed by atoms with E-state index in [2.05, 4.69) is 10.4 Å². The van der Waals surface area contributed by atoms with Crippen molar-refractivity contribution in [2.45, 2.75) is 19.8 Å². The molecule has 6 nitrogen and oxygen atoms in total. The molecule has 0 saturated heterocycles. The van der Waals surface area contributed by atoms with Gasteiger partial charge in [-0.2, -0.15) is 5.10 Å². The van der Waals surface area contributed by atoms with E-state index in [4.69, 9.17) is 4.74 Å². The number of nitrogens with zero attached hydrogens (tertiary/aromatic N) is 2. The zero-order chi connectivity index (χ0) is 17.8. The van der Waals surface area contributed by atoms with Gasteiger partial charge in [0.2, 0.25) is 0 Å². The van der Waals surface area contributed by atoms with Crippen molar-refractivity contribution < 1.29 is 14.3 Å². The summed E-state index contributed by atoms with van der Waals surface area (Å²) in [4.78, 5) is 23.9. The second-order valence-corrected chi connectivity index (χ2v) is 5.94. The fourth-order valence-electron chi connectivity index (χ4n) is 2.88. The Bertz CT molecular complexity index is 819. The molecule has 0 aliphatic heterocycles. The molecule has 130 valence electrons. The Labute approximate surface area is 146 Å². The normalized spacial score (nSPS) is 15.1. The first-order valence-electron chi connectivity index (χ1n) is 8.34. The largest absolute Gasteiger partial charge is 0.484 e. The molecule has 0 radical (unpaired) electrons. The number of hydrogen-bond donors (Lipinski definition) is 1. The summed E-state index contributed by atoms with van der Waals surface area (Å²) in [5.41, 5.74) is 3.41. The number of amides is 1. The molecule has 0 spiro atoms. The van der Waals surface area contributed by atoms with Gasteiger partial charge in [0, 0.05) is 24.9 Å². The minimum Gasteiger partial charge on any atom is -0.484 e. The average Bonchev–Trinajstić information content (AvgIpc) is 2.99. The van der Waals surface area contributed by atoms with Crippen molar-refractivity contribution in [1.82, 2.24) is 15.1 Å². The van der Waals surface area contributed by atoms with Gasteiger partial charge in [-0.25, -0.2) is 0 Å². The molecule has 6 heteroatoms. The molecule has 3 rings (SSSR count). The van der Waals surface area contributed by atoms with E-state index in [1.165, 1.54) is 0 Å². The topological polar surface area (TPSA) is 73.2 Å². The number of carbonyl (C=O) groups excluding carboxylic acids is 2. The van der Waals surface area contributed by atoms with Crippen LogP contribution in [0.3, 0.4) is 0 Å². The van der Waals surface area contributed by atoms with E-state index in [9.17, 15) is 9.59 Å². The van der Waals surface area contributed by atoms with Gasteiger partial charge < -0.3 is 10.1 Å². The number of likely N-dealkylation sites (N-methyl/N-ethyl adjacent to an activating group) is 1. The summed E-state index contributed by atoms with van der Waals surface area (Å²) >= 11 is 0. The molecule has 0 bridgehead atoms. The number of fused-ring (bicyclic) bond motifs is 1. The molecule has 0 saturated carbocycles. The summed E-state index contributed by atoms with van der Waals surface area (Å²) in [6.07, 6.45) is 5.08. The maximum absolute atomic E-state index is 12.5. The number of nitrogens with one attached hydrogen (secondary N) is 1. The van der Waals surface area contributed by atoms with E-state index >= 15 is 0 Å². The standard InChI is InChI=1S/C19H21N3O3/c1-3-20-18(23)12-25-15-7-4-13(5-8-15)10-14-6-9-17-16(19(14)24)11-21-22(17)2/h4-5,7-8,10-11H,3,6,9,12H2,1-2H3,(H,20,23)/b14-10-. The Balaban J connectivity index is 1.68. The van der Waals surface area contributed by atoms with E-state index in [0.29, 0.717) is 24.3 Å². The molecule has 0 atom stereocenters. The Morgan fingerprint density at radius 1 is 1.32 bits per heavy atom. The first kappa shape index (κ1) is 17.0. The second kappa shape index (κ2) is 7.34. The molecule has 1 aromatic carbocycles. The summed E-state index contributed by atoms with van der Waals surface area (Å²) in [5, 5.41) is 6.85. The molecule has 1 heterocycles. The summed E-state index contributed by atoms with van der Waals surface area (Å²) in [6.45, 7) is 2.44. The second-order valence-electron chi connectivity index (χ2n) is 5.94. The predicted molar refractivity (Wildman–Crippen MR) is 94.5 cm³/mol. The number of aromatic nitrogens is 2. The third-order valence-electron chi connectivity index (χ3n) is 4.19. The van der Waals surface area contributed by atoms with Crippen LogP contribution in [-0.4, -0.2) is 34.6 Å². The van der Waals surface area contributed by atoms with Crippen LogP contribution in [0.25, 0.3) is 6.08 Å². The van der Waals surface area contributed by atoms with Crippen LogP contribution in [0.15, 0.2) is 36.0 Å². The Kier molecular flexibility index (Phi) is 4.97. The summed E-state index contributed by atoms with van der Waals surface area (Å²) in [7, 11) is 1.86. The minimum absolute atomic E-state index is 0.00343. The Morgan fingerprint density at radius 3 is 2.80 bits per heavy atom. The highest BCUT2D eigenvalue weighted by Crippen LogP contribution is 2.26. The lowest BCUT2D eigenvalue weighted by Crippen LogP contribution is -2.28. The lowest BCUT2D eigenvalue weighted by molar-refractivity contribution is -0.122. The van der Waals surface area contributed by atoms with Crippen LogP contribution < -0.4 is 10.1 Å². The number of benzene rings is 1. The molecular formula is C19H21N3O3. The molecule has 2 aromatic rings. The molecular weight excluding hydrogens is 318 g/mol. The van der Waals surface area contributed by atoms with Gasteiger partial charge >= 0.3 is 0 Å². The van der Waals surface area contributed by atoms with Gasteiger partial charge in [-0.3, -0.25) is 14.3 Å². The zero-order valence-corrected chi connectivity index (χ0v) is 14.4. The molecule has 0 fully saturated rings. The number of hydrogen-bond acceptors (Lipinski definition) is 4. The van der Waals surface area contributed by atoms with Crippen molar-refractivity contribution in [3.05, 3.63) is 52.9 Å². The van der Waals surface area contributed by atoms with E-state index in [1.54, 1.807) is 23.0 Å². The number of rotatable bonds is 5. The van der Waals surface area contributed by atoms with E-state index in [-0.39, 0.29) is 18.3 Å². The van der Waals surface area contributed by atoms with Crippen molar-refractivity contribution in [2.75, 3.05) is 13.2 Å². The summed E-state index contributed by atoms with van der Waals surface area (Å²) in [5.74, 6) is 0.526. The molecule has 1 aliphatic rings.